The van der Waals surface area contributed by atoms with Crippen LogP contribution in [0.2, 0.25) is 0 Å². The number of hydrogen-bond acceptors (Lipinski definition) is 4. The van der Waals surface area contributed by atoms with Crippen LogP contribution in [-0.4, -0.2) is 29.5 Å². The number of nitrogens with two attached hydrogens (primary N) is 2. The van der Waals surface area contributed by atoms with Crippen LogP contribution >= 0.6 is 12.2 Å². The van der Waals surface area contributed by atoms with Crippen molar-refractivity contribution in [2.75, 3.05) is 18.5 Å². The summed E-state index contributed by atoms with van der Waals surface area (Å²) in [5.74, 6) is -0.397. The lowest BCUT2D eigenvalue weighted by Crippen LogP contribution is -2.30. The molecule has 1 heterocycles. The lowest BCUT2D eigenvalue weighted by Gasteiger charge is -2.17. The zero-order chi connectivity index (χ0) is 11.4. The molecule has 0 aliphatic heterocycles. The minimum Gasteiger partial charge on any atom is -0.388 e. The number of nitrogens with zero attached hydrogens (tertiary/aromatic N) is 2. The van der Waals surface area contributed by atoms with Gasteiger partial charge in [0.1, 0.15) is 4.99 Å². The standard InChI is InChI=1S/C9H12N4OS/c1-13(5-8(10)14)6-2-3-12-7(4-6)9(11)15/h2-4H,5H2,1H3,(H2,10,14)(H2,11,15). The number of likely N-dealkylation sites (N-methyl/N-ethyl adjacent to an activating group) is 1. The van der Waals surface area contributed by atoms with Crippen molar-refractivity contribution in [1.29, 1.82) is 0 Å². The minimum atomic E-state index is -0.397. The van der Waals surface area contributed by atoms with Crippen LogP contribution in [0.3, 0.4) is 0 Å². The van der Waals surface area contributed by atoms with E-state index in [0.717, 1.165) is 5.69 Å². The molecule has 1 rings (SSSR count). The van der Waals surface area contributed by atoms with Crippen molar-refractivity contribution in [1.82, 2.24) is 4.98 Å². The van der Waals surface area contributed by atoms with Crippen LogP contribution in [0.1, 0.15) is 5.69 Å². The summed E-state index contributed by atoms with van der Waals surface area (Å²) in [5.41, 5.74) is 11.8. The Kier molecular flexibility index (Phi) is 3.56. The molecule has 6 heteroatoms. The van der Waals surface area contributed by atoms with Gasteiger partial charge in [-0.05, 0) is 12.1 Å². The van der Waals surface area contributed by atoms with Crippen molar-refractivity contribution >= 4 is 28.8 Å². The van der Waals surface area contributed by atoms with Crippen molar-refractivity contribution in [3.63, 3.8) is 0 Å². The average Bonchev–Trinajstić information content (AvgIpc) is 2.17. The summed E-state index contributed by atoms with van der Waals surface area (Å²) in [7, 11) is 1.75. The fourth-order valence-corrected chi connectivity index (χ4v) is 1.23. The second kappa shape index (κ2) is 4.70. The maximum Gasteiger partial charge on any atom is 0.236 e. The zero-order valence-corrected chi connectivity index (χ0v) is 9.12. The largest absolute Gasteiger partial charge is 0.388 e. The van der Waals surface area contributed by atoms with Crippen molar-refractivity contribution in [2.24, 2.45) is 11.5 Å². The minimum absolute atomic E-state index is 0.140. The first-order chi connectivity index (χ1) is 7.00. The van der Waals surface area contributed by atoms with Crippen molar-refractivity contribution in [3.8, 4) is 0 Å². The number of amides is 1. The van der Waals surface area contributed by atoms with E-state index in [9.17, 15) is 4.79 Å². The third-order valence-electron chi connectivity index (χ3n) is 1.83. The number of aromatic nitrogens is 1. The summed E-state index contributed by atoms with van der Waals surface area (Å²) < 4.78 is 0. The molecule has 0 aromatic carbocycles. The highest BCUT2D eigenvalue weighted by Crippen LogP contribution is 2.12. The number of carbonyl (C=O) groups is 1. The van der Waals surface area contributed by atoms with Gasteiger partial charge in [-0.25, -0.2) is 0 Å². The van der Waals surface area contributed by atoms with E-state index in [2.05, 4.69) is 4.98 Å². The van der Waals surface area contributed by atoms with Crippen LogP contribution in [0, 0.1) is 0 Å². The van der Waals surface area contributed by atoms with E-state index in [1.165, 1.54) is 0 Å². The monoisotopic (exact) mass is 224 g/mol. The van der Waals surface area contributed by atoms with Crippen LogP contribution in [-0.2, 0) is 4.79 Å². The predicted octanol–water partition coefficient (Wildman–Crippen LogP) is -0.363. The highest BCUT2D eigenvalue weighted by molar-refractivity contribution is 7.80. The molecule has 0 fully saturated rings. The molecule has 4 N–H and O–H groups in total. The summed E-state index contributed by atoms with van der Waals surface area (Å²) in [6.07, 6.45) is 1.58. The van der Waals surface area contributed by atoms with Gasteiger partial charge in [0.05, 0.1) is 12.2 Å². The lowest BCUT2D eigenvalue weighted by atomic mass is 10.3. The third-order valence-corrected chi connectivity index (χ3v) is 2.04. The topological polar surface area (TPSA) is 85.2 Å². The number of anilines is 1. The first-order valence-corrected chi connectivity index (χ1v) is 4.67. The Hall–Kier alpha value is -1.69. The molecule has 80 valence electrons. The van der Waals surface area contributed by atoms with Crippen LogP contribution in [0.25, 0.3) is 0 Å². The highest BCUT2D eigenvalue weighted by Gasteiger charge is 2.06. The molecule has 5 nitrogen and oxygen atoms in total. The van der Waals surface area contributed by atoms with Gasteiger partial charge in [-0.1, -0.05) is 12.2 Å². The molecule has 1 aromatic rings. The molecule has 15 heavy (non-hydrogen) atoms. The van der Waals surface area contributed by atoms with Crippen molar-refractivity contribution in [2.45, 2.75) is 0 Å². The summed E-state index contributed by atoms with van der Waals surface area (Å²) in [4.78, 5) is 16.6. The summed E-state index contributed by atoms with van der Waals surface area (Å²) in [5, 5.41) is 0. The Morgan fingerprint density at radius 1 is 1.60 bits per heavy atom. The van der Waals surface area contributed by atoms with E-state index < -0.39 is 5.91 Å². The summed E-state index contributed by atoms with van der Waals surface area (Å²) in [6, 6.07) is 3.47. The molecule has 0 radical (unpaired) electrons. The number of primary amides is 1. The molecular formula is C9H12N4OS. The van der Waals surface area contributed by atoms with Gasteiger partial charge in [0.15, 0.2) is 0 Å². The van der Waals surface area contributed by atoms with Gasteiger partial charge in [-0.3, -0.25) is 9.78 Å². The Bertz CT molecular complexity index is 393. The smallest absolute Gasteiger partial charge is 0.236 e. The molecule has 0 bridgehead atoms. The lowest BCUT2D eigenvalue weighted by molar-refractivity contribution is -0.116. The van der Waals surface area contributed by atoms with Gasteiger partial charge in [0.2, 0.25) is 5.91 Å². The molecule has 0 aliphatic rings. The van der Waals surface area contributed by atoms with E-state index in [4.69, 9.17) is 23.7 Å². The van der Waals surface area contributed by atoms with E-state index in [-0.39, 0.29) is 11.5 Å². The van der Waals surface area contributed by atoms with E-state index in [0.29, 0.717) is 5.69 Å². The molecule has 1 aromatic heterocycles. The van der Waals surface area contributed by atoms with Crippen LogP contribution < -0.4 is 16.4 Å². The maximum atomic E-state index is 10.7. The van der Waals surface area contributed by atoms with Crippen molar-refractivity contribution in [3.05, 3.63) is 24.0 Å². The Labute approximate surface area is 93.1 Å². The number of hydrogen-bond donors (Lipinski definition) is 2. The molecule has 1 amide bonds. The highest BCUT2D eigenvalue weighted by atomic mass is 32.1. The Balaban J connectivity index is 2.89. The van der Waals surface area contributed by atoms with E-state index >= 15 is 0 Å². The van der Waals surface area contributed by atoms with Gasteiger partial charge >= 0.3 is 0 Å². The number of carbonyl (C=O) groups excluding carboxylic acids is 1. The normalized spacial score (nSPS) is 9.67. The summed E-state index contributed by atoms with van der Waals surface area (Å²) in [6.45, 7) is 0.140. The average molecular weight is 224 g/mol. The fraction of sp³-hybridized carbons (Fsp3) is 0.222. The quantitative estimate of drug-likeness (QED) is 0.682. The SMILES string of the molecule is CN(CC(N)=O)c1ccnc(C(N)=S)c1. The van der Waals surface area contributed by atoms with Gasteiger partial charge in [0.25, 0.3) is 0 Å². The molecule has 0 atom stereocenters. The molecule has 0 aliphatic carbocycles. The van der Waals surface area contributed by atoms with E-state index in [1.54, 1.807) is 30.3 Å². The molecule has 0 spiro atoms. The Morgan fingerprint density at radius 3 is 2.80 bits per heavy atom. The molecule has 0 saturated carbocycles. The zero-order valence-electron chi connectivity index (χ0n) is 8.30. The number of thiocarbonyl (C=S) groups is 1. The molecular weight excluding hydrogens is 212 g/mol. The van der Waals surface area contributed by atoms with Gasteiger partial charge < -0.3 is 16.4 Å². The third kappa shape index (κ3) is 3.17. The number of pyridine rings is 1. The van der Waals surface area contributed by atoms with Crippen LogP contribution in [0.4, 0.5) is 5.69 Å². The predicted molar refractivity (Wildman–Crippen MR) is 62.6 cm³/mol. The van der Waals surface area contributed by atoms with Crippen LogP contribution in [0.15, 0.2) is 18.3 Å². The van der Waals surface area contributed by atoms with Gasteiger partial charge in [0, 0.05) is 18.9 Å². The first kappa shape index (κ1) is 11.4. The first-order valence-electron chi connectivity index (χ1n) is 4.26. The van der Waals surface area contributed by atoms with Crippen LogP contribution in [0.5, 0.6) is 0 Å². The summed E-state index contributed by atoms with van der Waals surface area (Å²) >= 11 is 4.80. The second-order valence-corrected chi connectivity index (χ2v) is 3.53. The second-order valence-electron chi connectivity index (χ2n) is 3.09. The van der Waals surface area contributed by atoms with Crippen molar-refractivity contribution < 1.29 is 4.79 Å². The van der Waals surface area contributed by atoms with Gasteiger partial charge in [-0.15, -0.1) is 0 Å². The van der Waals surface area contributed by atoms with E-state index in [1.807, 2.05) is 0 Å². The molecule has 0 saturated heterocycles. The number of rotatable bonds is 4. The fourth-order valence-electron chi connectivity index (χ4n) is 1.12. The Morgan fingerprint density at radius 2 is 2.27 bits per heavy atom. The molecule has 0 unspecified atom stereocenters. The van der Waals surface area contributed by atoms with Gasteiger partial charge in [-0.2, -0.15) is 0 Å². The maximum absolute atomic E-state index is 10.7.